The number of rotatable bonds is 8. The third-order valence-corrected chi connectivity index (χ3v) is 7.00. The zero-order chi connectivity index (χ0) is 25.4. The summed E-state index contributed by atoms with van der Waals surface area (Å²) >= 11 is 0. The van der Waals surface area contributed by atoms with Crippen LogP contribution in [0.15, 0.2) is 41.2 Å². The summed E-state index contributed by atoms with van der Waals surface area (Å²) in [5.41, 5.74) is 4.76. The predicted octanol–water partition coefficient (Wildman–Crippen LogP) is 3.24. The summed E-state index contributed by atoms with van der Waals surface area (Å²) in [6.07, 6.45) is 2.19. The summed E-state index contributed by atoms with van der Waals surface area (Å²) in [4.78, 5) is 18.4. The van der Waals surface area contributed by atoms with E-state index in [4.69, 9.17) is 14.2 Å². The summed E-state index contributed by atoms with van der Waals surface area (Å²) in [6, 6.07) is 12.1. The van der Waals surface area contributed by atoms with Crippen LogP contribution in [-0.4, -0.2) is 49.6 Å². The van der Waals surface area contributed by atoms with Crippen LogP contribution in [0.4, 0.5) is 0 Å². The quantitative estimate of drug-likeness (QED) is 0.391. The Morgan fingerprint density at radius 3 is 2.84 bits per heavy atom. The van der Waals surface area contributed by atoms with Gasteiger partial charge in [0.25, 0.3) is 5.56 Å². The summed E-state index contributed by atoms with van der Waals surface area (Å²) in [5, 5.41) is 13.5. The molecule has 2 aliphatic rings. The Hall–Kier alpha value is -3.76. The summed E-state index contributed by atoms with van der Waals surface area (Å²) in [5.74, 6) is 2.21. The van der Waals surface area contributed by atoms with E-state index in [9.17, 15) is 4.79 Å². The van der Waals surface area contributed by atoms with Crippen LogP contribution in [0.1, 0.15) is 40.9 Å². The van der Waals surface area contributed by atoms with Crippen molar-refractivity contribution in [3.63, 3.8) is 0 Å². The molecule has 2 aromatic heterocycles. The van der Waals surface area contributed by atoms with Crippen LogP contribution in [0.5, 0.6) is 11.5 Å². The standard InChI is InChI=1S/C27H30N6O4/c1-17-8-18(2)22-11-20(27(34)28-23(22)9-17)13-32(12-19-5-6-24-25(10-19)37-16-36-24)15-26-29-30-31-33(26)14-21-4-3-7-35-21/h5-6,8-11,21H,3-4,7,12-16H2,1-2H3,(H,28,34). The van der Waals surface area contributed by atoms with Crippen molar-refractivity contribution >= 4 is 10.9 Å². The molecular weight excluding hydrogens is 472 g/mol. The van der Waals surface area contributed by atoms with Crippen molar-refractivity contribution in [1.82, 2.24) is 30.1 Å². The number of hydrogen-bond donors (Lipinski definition) is 1. The minimum absolute atomic E-state index is 0.0906. The Kier molecular flexibility index (Phi) is 6.35. The largest absolute Gasteiger partial charge is 0.454 e. The van der Waals surface area contributed by atoms with Gasteiger partial charge in [-0.2, -0.15) is 0 Å². The molecule has 192 valence electrons. The molecule has 0 aliphatic carbocycles. The first-order valence-electron chi connectivity index (χ1n) is 12.6. The van der Waals surface area contributed by atoms with E-state index in [0.29, 0.717) is 31.7 Å². The lowest BCUT2D eigenvalue weighted by atomic mass is 10.0. The molecule has 1 unspecified atom stereocenters. The minimum Gasteiger partial charge on any atom is -0.454 e. The van der Waals surface area contributed by atoms with Crippen molar-refractivity contribution in [3.8, 4) is 11.5 Å². The molecular formula is C27H30N6O4. The number of H-pyrrole nitrogens is 1. The first kappa shape index (κ1) is 23.6. The molecule has 4 aromatic rings. The van der Waals surface area contributed by atoms with Crippen LogP contribution in [0.25, 0.3) is 10.9 Å². The molecule has 10 nitrogen and oxygen atoms in total. The summed E-state index contributed by atoms with van der Waals surface area (Å²) in [7, 11) is 0. The Labute approximate surface area is 214 Å². The van der Waals surface area contributed by atoms with Crippen LogP contribution in [-0.2, 0) is 30.9 Å². The van der Waals surface area contributed by atoms with E-state index in [1.807, 2.05) is 41.9 Å². The van der Waals surface area contributed by atoms with E-state index in [-0.39, 0.29) is 18.5 Å². The molecule has 1 atom stereocenters. The van der Waals surface area contributed by atoms with Crippen LogP contribution >= 0.6 is 0 Å². The van der Waals surface area contributed by atoms with Gasteiger partial charge in [0, 0.05) is 36.2 Å². The van der Waals surface area contributed by atoms with E-state index in [2.05, 4.69) is 38.4 Å². The maximum atomic E-state index is 13.1. The fourth-order valence-corrected chi connectivity index (χ4v) is 5.20. The average molecular weight is 503 g/mol. The lowest BCUT2D eigenvalue weighted by Crippen LogP contribution is -2.29. The second kappa shape index (κ2) is 9.95. The fourth-order valence-electron chi connectivity index (χ4n) is 5.20. The van der Waals surface area contributed by atoms with E-state index in [0.717, 1.165) is 64.4 Å². The van der Waals surface area contributed by atoms with Gasteiger partial charge >= 0.3 is 0 Å². The highest BCUT2D eigenvalue weighted by Gasteiger charge is 2.22. The first-order valence-corrected chi connectivity index (χ1v) is 12.6. The van der Waals surface area contributed by atoms with Gasteiger partial charge in [-0.25, -0.2) is 4.68 Å². The van der Waals surface area contributed by atoms with Gasteiger partial charge in [0.05, 0.1) is 19.2 Å². The van der Waals surface area contributed by atoms with Crippen molar-refractivity contribution in [1.29, 1.82) is 0 Å². The molecule has 6 rings (SSSR count). The third kappa shape index (κ3) is 5.07. The molecule has 2 aliphatic heterocycles. The van der Waals surface area contributed by atoms with Gasteiger partial charge in [-0.15, -0.1) is 5.10 Å². The van der Waals surface area contributed by atoms with Gasteiger partial charge in [-0.05, 0) is 78.1 Å². The summed E-state index contributed by atoms with van der Waals surface area (Å²) in [6.45, 7) is 7.21. The molecule has 0 bridgehead atoms. The number of aryl methyl sites for hydroxylation is 2. The number of hydrogen-bond acceptors (Lipinski definition) is 8. The number of nitrogens with one attached hydrogen (secondary N) is 1. The number of nitrogens with zero attached hydrogens (tertiary/aromatic N) is 5. The molecule has 1 saturated heterocycles. The van der Waals surface area contributed by atoms with Gasteiger partial charge in [-0.3, -0.25) is 9.69 Å². The second-order valence-corrected chi connectivity index (χ2v) is 9.91. The van der Waals surface area contributed by atoms with Crippen LogP contribution in [0, 0.1) is 13.8 Å². The number of fused-ring (bicyclic) bond motifs is 2. The topological polar surface area (TPSA) is 107 Å². The molecule has 2 aromatic carbocycles. The van der Waals surface area contributed by atoms with Crippen molar-refractivity contribution < 1.29 is 14.2 Å². The van der Waals surface area contributed by atoms with Gasteiger partial charge < -0.3 is 19.2 Å². The minimum atomic E-state index is -0.0906. The molecule has 0 radical (unpaired) electrons. The van der Waals surface area contributed by atoms with Gasteiger partial charge in [0.1, 0.15) is 0 Å². The van der Waals surface area contributed by atoms with Gasteiger partial charge in [0.15, 0.2) is 17.3 Å². The smallest absolute Gasteiger partial charge is 0.252 e. The van der Waals surface area contributed by atoms with Crippen molar-refractivity contribution in [2.75, 3.05) is 13.4 Å². The monoisotopic (exact) mass is 502 g/mol. The number of ether oxygens (including phenoxy) is 3. The van der Waals surface area contributed by atoms with Crippen molar-refractivity contribution in [2.45, 2.75) is 59.0 Å². The Balaban J connectivity index is 1.31. The number of aromatic amines is 1. The Bertz CT molecular complexity index is 1490. The predicted molar refractivity (Wildman–Crippen MR) is 136 cm³/mol. The van der Waals surface area contributed by atoms with E-state index >= 15 is 0 Å². The maximum Gasteiger partial charge on any atom is 0.252 e. The average Bonchev–Trinajstić information content (AvgIpc) is 3.63. The zero-order valence-corrected chi connectivity index (χ0v) is 21.1. The fraction of sp³-hybridized carbons (Fsp3) is 0.407. The third-order valence-electron chi connectivity index (χ3n) is 7.00. The summed E-state index contributed by atoms with van der Waals surface area (Å²) < 4.78 is 18.7. The molecule has 0 spiro atoms. The van der Waals surface area contributed by atoms with Gasteiger partial charge in [0.2, 0.25) is 6.79 Å². The number of tetrazole rings is 1. The van der Waals surface area contributed by atoms with E-state index in [1.54, 1.807) is 0 Å². The molecule has 1 N–H and O–H groups in total. The normalized spacial score (nSPS) is 16.8. The van der Waals surface area contributed by atoms with Crippen LogP contribution in [0.3, 0.4) is 0 Å². The molecule has 0 saturated carbocycles. The van der Waals surface area contributed by atoms with Gasteiger partial charge in [-0.1, -0.05) is 12.1 Å². The number of pyridine rings is 1. The van der Waals surface area contributed by atoms with Crippen molar-refractivity contribution in [3.05, 3.63) is 74.8 Å². The molecule has 37 heavy (non-hydrogen) atoms. The maximum absolute atomic E-state index is 13.1. The Morgan fingerprint density at radius 2 is 1.97 bits per heavy atom. The number of aromatic nitrogens is 5. The molecule has 4 heterocycles. The lowest BCUT2D eigenvalue weighted by molar-refractivity contribution is 0.0914. The molecule has 0 amide bonds. The Morgan fingerprint density at radius 1 is 1.08 bits per heavy atom. The van der Waals surface area contributed by atoms with E-state index in [1.165, 1.54) is 0 Å². The van der Waals surface area contributed by atoms with Crippen LogP contribution in [0.2, 0.25) is 0 Å². The zero-order valence-electron chi connectivity index (χ0n) is 21.1. The molecule has 10 heteroatoms. The van der Waals surface area contributed by atoms with E-state index < -0.39 is 0 Å². The first-order chi connectivity index (χ1) is 18.0. The second-order valence-electron chi connectivity index (χ2n) is 9.91. The van der Waals surface area contributed by atoms with Crippen LogP contribution < -0.4 is 15.0 Å². The number of benzene rings is 2. The molecule has 1 fully saturated rings. The highest BCUT2D eigenvalue weighted by molar-refractivity contribution is 5.83. The highest BCUT2D eigenvalue weighted by atomic mass is 16.7. The highest BCUT2D eigenvalue weighted by Crippen LogP contribution is 2.33. The van der Waals surface area contributed by atoms with Crippen molar-refractivity contribution in [2.24, 2.45) is 0 Å². The SMILES string of the molecule is Cc1cc(C)c2cc(CN(Cc3ccc4c(c3)OCO4)Cc3nnnn3CC3CCCO3)c(=O)[nH]c2c1. The lowest BCUT2D eigenvalue weighted by Gasteiger charge is -2.22.